The topological polar surface area (TPSA) is 66.8 Å². The molecule has 0 bridgehead atoms. The molecule has 1 unspecified atom stereocenters. The van der Waals surface area contributed by atoms with Crippen LogP contribution in [0.25, 0.3) is 0 Å². The van der Waals surface area contributed by atoms with Crippen LogP contribution in [0.2, 0.25) is 0 Å². The highest BCUT2D eigenvalue weighted by molar-refractivity contribution is 5.71. The smallest absolute Gasteiger partial charge is 0.308 e. The lowest BCUT2D eigenvalue weighted by atomic mass is 9.46. The molecule has 1 saturated carbocycles. The summed E-state index contributed by atoms with van der Waals surface area (Å²) in [6.07, 6.45) is 3.90. The SMILES string of the molecule is COC(=O)C[C@@]1(O)C(C)=C[C@H](O)C2C(C)(C)CCC[C@@]21C. The van der Waals surface area contributed by atoms with Crippen LogP contribution in [-0.4, -0.2) is 35.0 Å². The van der Waals surface area contributed by atoms with Crippen molar-refractivity contribution < 1.29 is 19.7 Å². The molecule has 21 heavy (non-hydrogen) atoms. The van der Waals surface area contributed by atoms with Crippen LogP contribution in [0.15, 0.2) is 11.6 Å². The normalized spacial score (nSPS) is 42.0. The van der Waals surface area contributed by atoms with E-state index in [4.69, 9.17) is 4.74 Å². The zero-order valence-corrected chi connectivity index (χ0v) is 13.8. The zero-order chi connectivity index (χ0) is 16.1. The maximum atomic E-state index is 11.8. The van der Waals surface area contributed by atoms with Gasteiger partial charge in [-0.15, -0.1) is 0 Å². The molecule has 0 amide bonds. The number of carbonyl (C=O) groups excluding carboxylic acids is 1. The summed E-state index contributed by atoms with van der Waals surface area (Å²) < 4.78 is 4.78. The molecule has 2 rings (SSSR count). The van der Waals surface area contributed by atoms with Gasteiger partial charge in [0.1, 0.15) is 5.60 Å². The van der Waals surface area contributed by atoms with Crippen molar-refractivity contribution in [2.45, 2.75) is 65.1 Å². The van der Waals surface area contributed by atoms with Gasteiger partial charge in [0.2, 0.25) is 0 Å². The van der Waals surface area contributed by atoms with Crippen LogP contribution in [0.3, 0.4) is 0 Å². The molecular formula is C17H28O4. The van der Waals surface area contributed by atoms with Crippen LogP contribution in [0, 0.1) is 16.7 Å². The average molecular weight is 296 g/mol. The second kappa shape index (κ2) is 5.10. The van der Waals surface area contributed by atoms with E-state index in [0.29, 0.717) is 5.57 Å². The molecule has 0 aliphatic heterocycles. The Bertz CT molecular complexity index is 467. The predicted octanol–water partition coefficient (Wildman–Crippen LogP) is 2.43. The summed E-state index contributed by atoms with van der Waals surface area (Å²) in [5.41, 5.74) is -1.17. The van der Waals surface area contributed by atoms with Gasteiger partial charge < -0.3 is 14.9 Å². The Morgan fingerprint density at radius 1 is 1.38 bits per heavy atom. The number of carbonyl (C=O) groups is 1. The number of ether oxygens (including phenoxy) is 1. The molecule has 2 aliphatic carbocycles. The number of esters is 1. The van der Waals surface area contributed by atoms with Gasteiger partial charge in [0.15, 0.2) is 0 Å². The number of methoxy groups -OCH3 is 1. The highest BCUT2D eigenvalue weighted by Gasteiger charge is 2.62. The molecule has 0 saturated heterocycles. The van der Waals surface area contributed by atoms with Crippen LogP contribution < -0.4 is 0 Å². The third-order valence-corrected chi connectivity index (χ3v) is 6.03. The van der Waals surface area contributed by atoms with Gasteiger partial charge in [0, 0.05) is 11.3 Å². The molecule has 1 fully saturated rings. The summed E-state index contributed by atoms with van der Waals surface area (Å²) in [6.45, 7) is 8.10. The van der Waals surface area contributed by atoms with Crippen molar-refractivity contribution in [3.8, 4) is 0 Å². The first-order valence-electron chi connectivity index (χ1n) is 7.75. The van der Waals surface area contributed by atoms with Crippen molar-refractivity contribution in [1.82, 2.24) is 0 Å². The Morgan fingerprint density at radius 2 is 2.00 bits per heavy atom. The van der Waals surface area contributed by atoms with E-state index in [1.165, 1.54) is 7.11 Å². The second-order valence-electron chi connectivity index (χ2n) is 7.69. The number of aliphatic hydroxyl groups excluding tert-OH is 1. The Morgan fingerprint density at radius 3 is 2.57 bits per heavy atom. The summed E-state index contributed by atoms with van der Waals surface area (Å²) in [6, 6.07) is 0. The van der Waals surface area contributed by atoms with E-state index in [2.05, 4.69) is 13.8 Å². The highest BCUT2D eigenvalue weighted by atomic mass is 16.5. The molecule has 0 aromatic carbocycles. The van der Waals surface area contributed by atoms with E-state index in [1.807, 2.05) is 6.92 Å². The second-order valence-corrected chi connectivity index (χ2v) is 7.69. The summed E-state index contributed by atoms with van der Waals surface area (Å²) in [5.74, 6) is -0.484. The lowest BCUT2D eigenvalue weighted by molar-refractivity contribution is -0.184. The third kappa shape index (κ3) is 2.33. The maximum Gasteiger partial charge on any atom is 0.308 e. The summed E-state index contributed by atoms with van der Waals surface area (Å²) >= 11 is 0. The summed E-state index contributed by atoms with van der Waals surface area (Å²) in [5, 5.41) is 22.0. The number of hydrogen-bond donors (Lipinski definition) is 2. The fourth-order valence-electron chi connectivity index (χ4n) is 4.95. The van der Waals surface area contributed by atoms with Gasteiger partial charge in [0.25, 0.3) is 0 Å². The van der Waals surface area contributed by atoms with Crippen LogP contribution in [0.4, 0.5) is 0 Å². The lowest BCUT2D eigenvalue weighted by Crippen LogP contribution is -2.63. The largest absolute Gasteiger partial charge is 0.469 e. The van der Waals surface area contributed by atoms with E-state index >= 15 is 0 Å². The van der Waals surface area contributed by atoms with Crippen LogP contribution in [0.5, 0.6) is 0 Å². The number of fused-ring (bicyclic) bond motifs is 1. The quantitative estimate of drug-likeness (QED) is 0.607. The molecule has 0 heterocycles. The molecule has 4 nitrogen and oxygen atoms in total. The molecule has 0 radical (unpaired) electrons. The van der Waals surface area contributed by atoms with Crippen molar-refractivity contribution >= 4 is 5.97 Å². The third-order valence-electron chi connectivity index (χ3n) is 6.03. The van der Waals surface area contributed by atoms with Crippen molar-refractivity contribution in [2.24, 2.45) is 16.7 Å². The van der Waals surface area contributed by atoms with Gasteiger partial charge in [-0.1, -0.05) is 33.3 Å². The molecule has 0 aromatic heterocycles. The number of rotatable bonds is 2. The molecular weight excluding hydrogens is 268 g/mol. The Labute approximate surface area is 127 Å². The molecule has 120 valence electrons. The first-order chi connectivity index (χ1) is 9.58. The van der Waals surface area contributed by atoms with E-state index in [-0.39, 0.29) is 17.8 Å². The lowest BCUT2D eigenvalue weighted by Gasteiger charge is -2.61. The Balaban J connectivity index is 2.54. The fourth-order valence-corrected chi connectivity index (χ4v) is 4.95. The highest BCUT2D eigenvalue weighted by Crippen LogP contribution is 2.61. The van der Waals surface area contributed by atoms with Gasteiger partial charge in [-0.05, 0) is 30.8 Å². The molecule has 0 spiro atoms. The van der Waals surface area contributed by atoms with Crippen molar-refractivity contribution in [3.63, 3.8) is 0 Å². The fraction of sp³-hybridized carbons (Fsp3) is 0.824. The van der Waals surface area contributed by atoms with Crippen molar-refractivity contribution in [3.05, 3.63) is 11.6 Å². The molecule has 2 aliphatic rings. The van der Waals surface area contributed by atoms with E-state index in [0.717, 1.165) is 19.3 Å². The first kappa shape index (κ1) is 16.5. The van der Waals surface area contributed by atoms with Crippen molar-refractivity contribution in [1.29, 1.82) is 0 Å². The zero-order valence-electron chi connectivity index (χ0n) is 13.8. The first-order valence-corrected chi connectivity index (χ1v) is 7.75. The Hall–Kier alpha value is -0.870. The summed E-state index contributed by atoms with van der Waals surface area (Å²) in [4.78, 5) is 11.8. The molecule has 4 heteroatoms. The van der Waals surface area contributed by atoms with Gasteiger partial charge >= 0.3 is 5.97 Å². The average Bonchev–Trinajstić information content (AvgIpc) is 2.35. The monoisotopic (exact) mass is 296 g/mol. The van der Waals surface area contributed by atoms with E-state index in [9.17, 15) is 15.0 Å². The molecule has 2 N–H and O–H groups in total. The van der Waals surface area contributed by atoms with Crippen molar-refractivity contribution in [2.75, 3.05) is 7.11 Å². The number of hydrogen-bond acceptors (Lipinski definition) is 4. The predicted molar refractivity (Wildman–Crippen MR) is 80.6 cm³/mol. The minimum atomic E-state index is -1.25. The van der Waals surface area contributed by atoms with Gasteiger partial charge in [-0.3, -0.25) is 4.79 Å². The number of aliphatic hydroxyl groups is 2. The molecule has 0 aromatic rings. The van der Waals surface area contributed by atoms with E-state index < -0.39 is 23.1 Å². The van der Waals surface area contributed by atoms with Gasteiger partial charge in [-0.2, -0.15) is 0 Å². The van der Waals surface area contributed by atoms with Crippen LogP contribution >= 0.6 is 0 Å². The van der Waals surface area contributed by atoms with Crippen LogP contribution in [-0.2, 0) is 9.53 Å². The standard InChI is InChI=1S/C17H28O4/c1-11-9-12(18)14-15(2,3)7-6-8-16(14,4)17(11,20)10-13(19)21-5/h9,12,14,18,20H,6-8,10H2,1-5H3/t12-,14?,16-,17+/m0/s1. The maximum absolute atomic E-state index is 11.8. The minimum absolute atomic E-state index is 0.0539. The van der Waals surface area contributed by atoms with E-state index in [1.54, 1.807) is 13.0 Å². The Kier molecular flexibility index (Phi) is 4.00. The van der Waals surface area contributed by atoms with Gasteiger partial charge in [0.05, 0.1) is 19.6 Å². The van der Waals surface area contributed by atoms with Crippen LogP contribution in [0.1, 0.15) is 53.4 Å². The molecule has 4 atom stereocenters. The minimum Gasteiger partial charge on any atom is -0.469 e. The van der Waals surface area contributed by atoms with Gasteiger partial charge in [-0.25, -0.2) is 0 Å². The summed E-state index contributed by atoms with van der Waals surface area (Å²) in [7, 11) is 1.34.